The number of hydrogen-bond donors (Lipinski definition) is 5. The van der Waals surface area contributed by atoms with E-state index in [2.05, 4.69) is 5.32 Å². The molecule has 1 aromatic carbocycles. The van der Waals surface area contributed by atoms with Gasteiger partial charge in [0.2, 0.25) is 0 Å². The summed E-state index contributed by atoms with van der Waals surface area (Å²) < 4.78 is 0. The van der Waals surface area contributed by atoms with Crippen LogP contribution in [0.3, 0.4) is 0 Å². The van der Waals surface area contributed by atoms with Crippen molar-refractivity contribution in [1.29, 1.82) is 0 Å². The van der Waals surface area contributed by atoms with Crippen molar-refractivity contribution in [3.05, 3.63) is 24.3 Å². The number of rotatable bonds is 2. The fourth-order valence-electron chi connectivity index (χ4n) is 0.816. The molecule has 0 fully saturated rings. The SMILES string of the molecule is Nc1ccc(NC(N)(N)N)cc1. The maximum absolute atomic E-state index is 5.47. The molecule has 66 valence electrons. The summed E-state index contributed by atoms with van der Waals surface area (Å²) in [6.45, 7) is 0. The molecule has 0 atom stereocenters. The van der Waals surface area contributed by atoms with Crippen LogP contribution in [-0.2, 0) is 0 Å². The summed E-state index contributed by atoms with van der Waals surface area (Å²) in [4.78, 5) is 0. The molecule has 0 amide bonds. The van der Waals surface area contributed by atoms with Gasteiger partial charge in [0.05, 0.1) is 0 Å². The topological polar surface area (TPSA) is 116 Å². The lowest BCUT2D eigenvalue weighted by molar-refractivity contribution is 0.532. The van der Waals surface area contributed by atoms with Gasteiger partial charge in [0.25, 0.3) is 0 Å². The van der Waals surface area contributed by atoms with Gasteiger partial charge < -0.3 is 11.1 Å². The van der Waals surface area contributed by atoms with Crippen LogP contribution in [0.5, 0.6) is 0 Å². The van der Waals surface area contributed by atoms with Gasteiger partial charge in [0.1, 0.15) is 0 Å². The lowest BCUT2D eigenvalue weighted by Gasteiger charge is -2.21. The van der Waals surface area contributed by atoms with E-state index in [1.807, 2.05) is 0 Å². The summed E-state index contributed by atoms with van der Waals surface area (Å²) >= 11 is 0. The Bertz CT molecular complexity index is 247. The summed E-state index contributed by atoms with van der Waals surface area (Å²) in [5.41, 5.74) is 22.8. The Morgan fingerprint density at radius 2 is 1.50 bits per heavy atom. The Morgan fingerprint density at radius 3 is 1.92 bits per heavy atom. The van der Waals surface area contributed by atoms with E-state index in [0.29, 0.717) is 5.69 Å². The normalized spacial score (nSPS) is 11.2. The van der Waals surface area contributed by atoms with Crippen molar-refractivity contribution in [2.24, 2.45) is 17.2 Å². The maximum atomic E-state index is 5.47. The maximum Gasteiger partial charge on any atom is 0.195 e. The predicted molar refractivity (Wildman–Crippen MR) is 49.8 cm³/mol. The molecule has 5 heteroatoms. The van der Waals surface area contributed by atoms with Crippen molar-refractivity contribution in [3.8, 4) is 0 Å². The third-order valence-corrected chi connectivity index (χ3v) is 1.27. The number of nitrogens with one attached hydrogen (secondary N) is 1. The largest absolute Gasteiger partial charge is 0.399 e. The van der Waals surface area contributed by atoms with Crippen LogP contribution >= 0.6 is 0 Å². The molecule has 0 spiro atoms. The summed E-state index contributed by atoms with van der Waals surface area (Å²) in [6.07, 6.45) is 0. The minimum Gasteiger partial charge on any atom is -0.399 e. The molecule has 0 unspecified atom stereocenters. The van der Waals surface area contributed by atoms with E-state index in [1.54, 1.807) is 24.3 Å². The summed E-state index contributed by atoms with van der Waals surface area (Å²) in [6, 6.07) is 6.95. The molecule has 0 aliphatic carbocycles. The predicted octanol–water partition coefficient (Wildman–Crippen LogP) is -0.832. The minimum absolute atomic E-state index is 0.678. The molecule has 0 aliphatic heterocycles. The second-order valence-corrected chi connectivity index (χ2v) is 2.68. The molecular weight excluding hydrogens is 154 g/mol. The molecule has 1 aromatic rings. The first-order chi connectivity index (χ1) is 5.47. The van der Waals surface area contributed by atoms with E-state index in [9.17, 15) is 0 Å². The van der Waals surface area contributed by atoms with Crippen LogP contribution in [0.1, 0.15) is 0 Å². The van der Waals surface area contributed by atoms with Gasteiger partial charge in [-0.2, -0.15) is 0 Å². The van der Waals surface area contributed by atoms with Crippen LogP contribution in [0.2, 0.25) is 0 Å². The van der Waals surface area contributed by atoms with Crippen LogP contribution in [0, 0.1) is 0 Å². The molecule has 0 saturated carbocycles. The van der Waals surface area contributed by atoms with Crippen molar-refractivity contribution in [1.82, 2.24) is 0 Å². The highest BCUT2D eigenvalue weighted by atomic mass is 15.3. The van der Waals surface area contributed by atoms with E-state index in [4.69, 9.17) is 22.9 Å². The second kappa shape index (κ2) is 2.98. The van der Waals surface area contributed by atoms with Gasteiger partial charge in [-0.3, -0.25) is 17.2 Å². The van der Waals surface area contributed by atoms with Gasteiger partial charge in [-0.15, -0.1) is 0 Å². The van der Waals surface area contributed by atoms with Crippen molar-refractivity contribution >= 4 is 11.4 Å². The Hall–Kier alpha value is -1.30. The van der Waals surface area contributed by atoms with Gasteiger partial charge in [-0.25, -0.2) is 0 Å². The number of nitrogen functional groups attached to an aromatic ring is 1. The summed E-state index contributed by atoms with van der Waals surface area (Å²) in [5, 5.41) is 2.69. The smallest absolute Gasteiger partial charge is 0.195 e. The molecule has 0 saturated heterocycles. The number of nitrogens with two attached hydrogens (primary N) is 4. The van der Waals surface area contributed by atoms with Gasteiger partial charge in [-0.05, 0) is 24.3 Å². The van der Waals surface area contributed by atoms with E-state index in [1.165, 1.54) is 0 Å². The Balaban J connectivity index is 2.71. The monoisotopic (exact) mass is 167 g/mol. The molecule has 0 aromatic heterocycles. The molecule has 5 nitrogen and oxygen atoms in total. The first kappa shape index (κ1) is 8.79. The van der Waals surface area contributed by atoms with E-state index in [0.717, 1.165) is 5.69 Å². The highest BCUT2D eigenvalue weighted by Gasteiger charge is 2.09. The molecule has 0 heterocycles. The first-order valence-electron chi connectivity index (χ1n) is 3.48. The summed E-state index contributed by atoms with van der Waals surface area (Å²) in [5.74, 6) is -1.39. The molecule has 9 N–H and O–H groups in total. The third kappa shape index (κ3) is 2.75. The zero-order chi connectivity index (χ0) is 9.19. The Labute approximate surface area is 70.7 Å². The van der Waals surface area contributed by atoms with Crippen molar-refractivity contribution < 1.29 is 0 Å². The number of hydrogen-bond acceptors (Lipinski definition) is 5. The third-order valence-electron chi connectivity index (χ3n) is 1.27. The van der Waals surface area contributed by atoms with Crippen molar-refractivity contribution in [3.63, 3.8) is 0 Å². The van der Waals surface area contributed by atoms with Crippen LogP contribution in [0.25, 0.3) is 0 Å². The first-order valence-corrected chi connectivity index (χ1v) is 3.48. The number of anilines is 2. The zero-order valence-corrected chi connectivity index (χ0v) is 6.62. The average molecular weight is 167 g/mol. The summed E-state index contributed by atoms with van der Waals surface area (Å²) in [7, 11) is 0. The molecule has 0 radical (unpaired) electrons. The quantitative estimate of drug-likeness (QED) is 0.291. The van der Waals surface area contributed by atoms with Crippen molar-refractivity contribution in [2.75, 3.05) is 11.1 Å². The lowest BCUT2D eigenvalue weighted by atomic mass is 10.3. The van der Waals surface area contributed by atoms with Gasteiger partial charge in [0.15, 0.2) is 5.91 Å². The van der Waals surface area contributed by atoms with Gasteiger partial charge in [0, 0.05) is 11.4 Å². The van der Waals surface area contributed by atoms with Gasteiger partial charge in [-0.1, -0.05) is 0 Å². The zero-order valence-electron chi connectivity index (χ0n) is 6.62. The second-order valence-electron chi connectivity index (χ2n) is 2.68. The molecule has 12 heavy (non-hydrogen) atoms. The molecule has 0 aliphatic rings. The highest BCUT2D eigenvalue weighted by molar-refractivity contribution is 5.51. The fraction of sp³-hybridized carbons (Fsp3) is 0.143. The highest BCUT2D eigenvalue weighted by Crippen LogP contribution is 2.10. The minimum atomic E-state index is -1.39. The molecule has 0 bridgehead atoms. The average Bonchev–Trinajstić information content (AvgIpc) is 1.91. The van der Waals surface area contributed by atoms with E-state index >= 15 is 0 Å². The fourth-order valence-corrected chi connectivity index (χ4v) is 0.816. The molecular formula is C7H13N5. The van der Waals surface area contributed by atoms with Crippen LogP contribution < -0.4 is 28.3 Å². The lowest BCUT2D eigenvalue weighted by Crippen LogP contribution is -2.64. The number of benzene rings is 1. The molecule has 1 rings (SSSR count). The van der Waals surface area contributed by atoms with E-state index in [-0.39, 0.29) is 0 Å². The van der Waals surface area contributed by atoms with E-state index < -0.39 is 5.91 Å². The van der Waals surface area contributed by atoms with Gasteiger partial charge >= 0.3 is 0 Å². The standard InChI is InChI=1S/C7H13N5/c8-5-1-3-6(4-2-5)12-7(9,10)11/h1-4,12H,8-11H2. The van der Waals surface area contributed by atoms with Crippen LogP contribution in [-0.4, -0.2) is 5.91 Å². The van der Waals surface area contributed by atoms with Crippen LogP contribution in [0.4, 0.5) is 11.4 Å². The van der Waals surface area contributed by atoms with Crippen LogP contribution in [0.15, 0.2) is 24.3 Å². The Kier molecular flexibility index (Phi) is 2.18. The Morgan fingerprint density at radius 1 is 1.00 bits per heavy atom. The van der Waals surface area contributed by atoms with Crippen molar-refractivity contribution in [2.45, 2.75) is 5.91 Å².